The zero-order valence-electron chi connectivity index (χ0n) is 5.77. The van der Waals surface area contributed by atoms with E-state index in [4.69, 9.17) is 11.6 Å². The summed E-state index contributed by atoms with van der Waals surface area (Å²) in [7, 11) is 0. The molecule has 0 fully saturated rings. The molecule has 5 heteroatoms. The number of hydrogen-bond acceptors (Lipinski definition) is 1. The zero-order chi connectivity index (χ0) is 9.14. The van der Waals surface area contributed by atoms with Crippen molar-refractivity contribution < 1.29 is 9.18 Å². The number of amides is 1. The van der Waals surface area contributed by atoms with E-state index < -0.39 is 10.6 Å². The van der Waals surface area contributed by atoms with Gasteiger partial charge in [0.1, 0.15) is 5.82 Å². The summed E-state index contributed by atoms with van der Waals surface area (Å²) in [5.74, 6) is -0.521. The molecule has 0 bridgehead atoms. The number of benzene rings is 1. The van der Waals surface area contributed by atoms with Gasteiger partial charge in [0.25, 0.3) is 4.82 Å². The molecule has 2 nitrogen and oxygen atoms in total. The number of carbonyl (C=O) groups excluding carboxylic acids is 1. The lowest BCUT2D eigenvalue weighted by Crippen LogP contribution is -2.02. The molecule has 0 spiro atoms. The minimum absolute atomic E-state index is 0.0596. The first kappa shape index (κ1) is 9.48. The van der Waals surface area contributed by atoms with E-state index >= 15 is 0 Å². The SMILES string of the molecule is O=C(Br)Nc1cc(Cl)ccc1F. The van der Waals surface area contributed by atoms with E-state index in [-0.39, 0.29) is 5.69 Å². The summed E-state index contributed by atoms with van der Waals surface area (Å²) >= 11 is 8.18. The largest absolute Gasteiger partial charge is 0.314 e. The van der Waals surface area contributed by atoms with Crippen LogP contribution in [0.3, 0.4) is 0 Å². The van der Waals surface area contributed by atoms with Crippen LogP contribution in [0.2, 0.25) is 5.02 Å². The van der Waals surface area contributed by atoms with Crippen LogP contribution in [0.5, 0.6) is 0 Å². The van der Waals surface area contributed by atoms with Gasteiger partial charge in [0.15, 0.2) is 0 Å². The molecule has 0 atom stereocenters. The summed E-state index contributed by atoms with van der Waals surface area (Å²) in [6.07, 6.45) is 0. The molecule has 1 aromatic carbocycles. The zero-order valence-corrected chi connectivity index (χ0v) is 8.12. The molecule has 1 amide bonds. The number of anilines is 1. The Morgan fingerprint density at radius 1 is 1.58 bits per heavy atom. The van der Waals surface area contributed by atoms with Gasteiger partial charge < -0.3 is 5.32 Å². The predicted molar refractivity (Wildman–Crippen MR) is 49.4 cm³/mol. The fourth-order valence-corrected chi connectivity index (χ4v) is 1.08. The Hall–Kier alpha value is -0.610. The highest BCUT2D eigenvalue weighted by molar-refractivity contribution is 9.18. The molecular formula is C7H4BrClFNO. The van der Waals surface area contributed by atoms with Crippen LogP contribution in [0.25, 0.3) is 0 Å². The van der Waals surface area contributed by atoms with Crippen molar-refractivity contribution in [2.24, 2.45) is 0 Å². The Balaban J connectivity index is 2.97. The Labute approximate surface area is 81.8 Å². The number of carbonyl (C=O) groups is 1. The Bertz CT molecular complexity index is 318. The first-order valence-corrected chi connectivity index (χ1v) is 4.18. The van der Waals surface area contributed by atoms with Crippen LogP contribution in [0.1, 0.15) is 0 Å². The molecule has 0 aliphatic rings. The maximum Gasteiger partial charge on any atom is 0.291 e. The third-order valence-electron chi connectivity index (χ3n) is 1.16. The molecular weight excluding hydrogens is 248 g/mol. The predicted octanol–water partition coefficient (Wildman–Crippen LogP) is 3.41. The molecule has 0 unspecified atom stereocenters. The third-order valence-corrected chi connectivity index (χ3v) is 1.59. The van der Waals surface area contributed by atoms with Gasteiger partial charge >= 0.3 is 0 Å². The average molecular weight is 252 g/mol. The maximum atomic E-state index is 12.8. The van der Waals surface area contributed by atoms with Gasteiger partial charge in [-0.1, -0.05) is 11.6 Å². The van der Waals surface area contributed by atoms with Crippen LogP contribution in [-0.4, -0.2) is 4.82 Å². The van der Waals surface area contributed by atoms with E-state index in [0.29, 0.717) is 5.02 Å². The average Bonchev–Trinajstić information content (AvgIpc) is 1.96. The van der Waals surface area contributed by atoms with Crippen LogP contribution >= 0.6 is 27.5 Å². The van der Waals surface area contributed by atoms with Gasteiger partial charge in [-0.25, -0.2) is 4.39 Å². The second kappa shape index (κ2) is 3.87. The van der Waals surface area contributed by atoms with E-state index in [0.717, 1.165) is 0 Å². The van der Waals surface area contributed by atoms with Crippen LogP contribution in [0.15, 0.2) is 18.2 Å². The molecule has 1 N–H and O–H groups in total. The number of rotatable bonds is 1. The van der Waals surface area contributed by atoms with Crippen molar-refractivity contribution in [1.29, 1.82) is 0 Å². The minimum atomic E-state index is -0.521. The van der Waals surface area contributed by atoms with Gasteiger partial charge in [-0.05, 0) is 18.2 Å². The molecule has 0 aromatic heterocycles. The molecule has 0 aliphatic heterocycles. The summed E-state index contributed by atoms with van der Waals surface area (Å²) < 4.78 is 12.8. The number of nitrogens with one attached hydrogen (secondary N) is 1. The summed E-state index contributed by atoms with van der Waals surface area (Å²) in [5, 5.41) is 2.60. The molecule has 0 heterocycles. The summed E-state index contributed by atoms with van der Waals surface area (Å²) in [5.41, 5.74) is 0.0596. The fraction of sp³-hybridized carbons (Fsp3) is 0. The van der Waals surface area contributed by atoms with Crippen molar-refractivity contribution in [2.45, 2.75) is 0 Å². The molecule has 1 aromatic rings. The smallest absolute Gasteiger partial charge is 0.291 e. The van der Waals surface area contributed by atoms with Gasteiger partial charge in [0, 0.05) is 21.0 Å². The Kier molecular flexibility index (Phi) is 3.05. The maximum absolute atomic E-state index is 12.8. The summed E-state index contributed by atoms with van der Waals surface area (Å²) in [6, 6.07) is 3.91. The van der Waals surface area contributed by atoms with Gasteiger partial charge in [-0.15, -0.1) is 0 Å². The molecule has 0 aliphatic carbocycles. The van der Waals surface area contributed by atoms with E-state index in [1.807, 2.05) is 0 Å². The first-order valence-electron chi connectivity index (χ1n) is 3.01. The van der Waals surface area contributed by atoms with Gasteiger partial charge in [0.2, 0.25) is 0 Å². The lowest BCUT2D eigenvalue weighted by atomic mass is 10.3. The summed E-state index contributed by atoms with van der Waals surface area (Å²) in [4.78, 5) is 9.96. The summed E-state index contributed by atoms with van der Waals surface area (Å²) in [6.45, 7) is 0. The minimum Gasteiger partial charge on any atom is -0.314 e. The van der Waals surface area contributed by atoms with E-state index in [1.54, 1.807) is 0 Å². The molecule has 0 saturated heterocycles. The fourth-order valence-electron chi connectivity index (χ4n) is 0.699. The molecule has 0 saturated carbocycles. The van der Waals surface area contributed by atoms with E-state index in [2.05, 4.69) is 21.2 Å². The van der Waals surface area contributed by atoms with E-state index in [1.165, 1.54) is 18.2 Å². The van der Waals surface area contributed by atoms with Crippen LogP contribution < -0.4 is 5.32 Å². The Morgan fingerprint density at radius 3 is 2.83 bits per heavy atom. The highest BCUT2D eigenvalue weighted by atomic mass is 79.9. The second-order valence-electron chi connectivity index (χ2n) is 2.02. The topological polar surface area (TPSA) is 29.1 Å². The van der Waals surface area contributed by atoms with Crippen molar-refractivity contribution in [3.8, 4) is 0 Å². The molecule has 0 radical (unpaired) electrons. The van der Waals surface area contributed by atoms with Gasteiger partial charge in [0.05, 0.1) is 5.69 Å². The standard InChI is InChI=1S/C7H4BrClFNO/c8-7(12)11-6-3-4(9)1-2-5(6)10/h1-3H,(H,11,12). The normalized spacial score (nSPS) is 9.58. The van der Waals surface area contributed by atoms with Crippen LogP contribution in [0.4, 0.5) is 14.9 Å². The highest BCUT2D eigenvalue weighted by Gasteiger charge is 2.04. The van der Waals surface area contributed by atoms with Crippen molar-refractivity contribution in [3.05, 3.63) is 29.0 Å². The number of hydrogen-bond donors (Lipinski definition) is 1. The molecule has 64 valence electrons. The van der Waals surface area contributed by atoms with Crippen molar-refractivity contribution in [1.82, 2.24) is 0 Å². The van der Waals surface area contributed by atoms with Crippen molar-refractivity contribution in [3.63, 3.8) is 0 Å². The lowest BCUT2D eigenvalue weighted by molar-refractivity contribution is 0.270. The van der Waals surface area contributed by atoms with Crippen molar-refractivity contribution in [2.75, 3.05) is 5.32 Å². The Morgan fingerprint density at radius 2 is 2.25 bits per heavy atom. The monoisotopic (exact) mass is 251 g/mol. The molecule has 12 heavy (non-hydrogen) atoms. The van der Waals surface area contributed by atoms with Gasteiger partial charge in [-0.3, -0.25) is 4.79 Å². The van der Waals surface area contributed by atoms with Crippen LogP contribution in [-0.2, 0) is 0 Å². The molecule has 1 rings (SSSR count). The second-order valence-corrected chi connectivity index (χ2v) is 3.18. The van der Waals surface area contributed by atoms with E-state index in [9.17, 15) is 9.18 Å². The number of halogens is 3. The third kappa shape index (κ3) is 2.46. The van der Waals surface area contributed by atoms with Crippen molar-refractivity contribution >= 4 is 38.0 Å². The highest BCUT2D eigenvalue weighted by Crippen LogP contribution is 2.19. The van der Waals surface area contributed by atoms with Gasteiger partial charge in [-0.2, -0.15) is 0 Å². The quantitative estimate of drug-likeness (QED) is 0.602. The first-order chi connectivity index (χ1) is 5.59. The lowest BCUT2D eigenvalue weighted by Gasteiger charge is -2.01. The van der Waals surface area contributed by atoms with Crippen LogP contribution in [0, 0.1) is 5.82 Å².